The molecule has 0 saturated heterocycles. The molecule has 0 bridgehead atoms. The summed E-state index contributed by atoms with van der Waals surface area (Å²) in [5, 5.41) is 0. The molecule has 1 aromatic carbocycles. The molecule has 0 saturated carbocycles. The molecule has 0 aliphatic carbocycles. The van der Waals surface area contributed by atoms with E-state index in [9.17, 15) is 9.59 Å². The first kappa shape index (κ1) is 13.6. The number of rotatable bonds is 4. The van der Waals surface area contributed by atoms with Crippen molar-refractivity contribution in [3.05, 3.63) is 61.3 Å². The predicted molar refractivity (Wildman–Crippen MR) is 78.2 cm³/mol. The minimum atomic E-state index is -0.403. The quantitative estimate of drug-likeness (QED) is 0.837. The van der Waals surface area contributed by atoms with Crippen LogP contribution in [0.4, 0.5) is 5.69 Å². The number of nitrogen functional groups attached to an aromatic ring is 1. The van der Waals surface area contributed by atoms with Crippen molar-refractivity contribution in [2.45, 2.75) is 19.4 Å². The van der Waals surface area contributed by atoms with Crippen molar-refractivity contribution in [2.75, 3.05) is 5.73 Å². The summed E-state index contributed by atoms with van der Waals surface area (Å²) in [5.41, 5.74) is 6.74. The van der Waals surface area contributed by atoms with Gasteiger partial charge in [0.05, 0.1) is 4.47 Å². The number of aryl methyl sites for hydroxylation is 2. The van der Waals surface area contributed by atoms with Gasteiger partial charge in [0.25, 0.3) is 5.56 Å². The fraction of sp³-hybridized carbons (Fsp3) is 0.231. The molecule has 0 amide bonds. The SMILES string of the molecule is Nc1ccc(CCCn2cc(Br)c(=O)[nH]c2=O)cc1. The van der Waals surface area contributed by atoms with Gasteiger partial charge in [0, 0.05) is 18.4 Å². The molecule has 0 aliphatic rings. The second-order valence-corrected chi connectivity index (χ2v) is 5.13. The van der Waals surface area contributed by atoms with Gasteiger partial charge in [0.15, 0.2) is 0 Å². The molecule has 19 heavy (non-hydrogen) atoms. The van der Waals surface area contributed by atoms with E-state index in [4.69, 9.17) is 5.73 Å². The number of hydrogen-bond donors (Lipinski definition) is 2. The van der Waals surface area contributed by atoms with E-state index >= 15 is 0 Å². The molecule has 0 unspecified atom stereocenters. The Balaban J connectivity index is 2.00. The molecule has 6 heteroatoms. The summed E-state index contributed by atoms with van der Waals surface area (Å²) >= 11 is 3.11. The third-order valence-electron chi connectivity index (χ3n) is 2.81. The third kappa shape index (κ3) is 3.57. The van der Waals surface area contributed by atoms with Crippen molar-refractivity contribution in [3.63, 3.8) is 0 Å². The second-order valence-electron chi connectivity index (χ2n) is 4.27. The van der Waals surface area contributed by atoms with Gasteiger partial charge in [-0.1, -0.05) is 12.1 Å². The van der Waals surface area contributed by atoms with Gasteiger partial charge in [0.2, 0.25) is 0 Å². The molecule has 0 spiro atoms. The second kappa shape index (κ2) is 5.88. The maximum absolute atomic E-state index is 11.5. The summed E-state index contributed by atoms with van der Waals surface area (Å²) < 4.78 is 1.85. The van der Waals surface area contributed by atoms with Crippen LogP contribution in [0.1, 0.15) is 12.0 Å². The smallest absolute Gasteiger partial charge is 0.328 e. The van der Waals surface area contributed by atoms with Gasteiger partial charge in [-0.05, 0) is 46.5 Å². The Labute approximate surface area is 118 Å². The van der Waals surface area contributed by atoms with Gasteiger partial charge < -0.3 is 5.73 Å². The Morgan fingerprint density at radius 2 is 1.89 bits per heavy atom. The normalized spacial score (nSPS) is 10.6. The summed E-state index contributed by atoms with van der Waals surface area (Å²) in [5.74, 6) is 0. The number of anilines is 1. The Hall–Kier alpha value is -1.82. The van der Waals surface area contributed by atoms with Crippen LogP contribution in [0.3, 0.4) is 0 Å². The Morgan fingerprint density at radius 1 is 1.21 bits per heavy atom. The Kier molecular flexibility index (Phi) is 4.21. The van der Waals surface area contributed by atoms with E-state index in [0.717, 1.165) is 18.5 Å². The summed E-state index contributed by atoms with van der Waals surface area (Å²) in [6.45, 7) is 0.554. The van der Waals surface area contributed by atoms with E-state index in [1.165, 1.54) is 16.3 Å². The van der Waals surface area contributed by atoms with Crippen LogP contribution in [0.5, 0.6) is 0 Å². The zero-order chi connectivity index (χ0) is 13.8. The van der Waals surface area contributed by atoms with E-state index in [2.05, 4.69) is 20.9 Å². The monoisotopic (exact) mass is 323 g/mol. The highest BCUT2D eigenvalue weighted by molar-refractivity contribution is 9.10. The minimum absolute atomic E-state index is 0.361. The van der Waals surface area contributed by atoms with Crippen molar-refractivity contribution >= 4 is 21.6 Å². The van der Waals surface area contributed by atoms with Crippen LogP contribution in [0, 0.1) is 0 Å². The summed E-state index contributed by atoms with van der Waals surface area (Å²) in [6.07, 6.45) is 3.18. The summed E-state index contributed by atoms with van der Waals surface area (Å²) in [4.78, 5) is 25.0. The van der Waals surface area contributed by atoms with Gasteiger partial charge >= 0.3 is 5.69 Å². The number of aromatic nitrogens is 2. The van der Waals surface area contributed by atoms with Gasteiger partial charge in [-0.25, -0.2) is 4.79 Å². The molecule has 2 aromatic rings. The van der Waals surface area contributed by atoms with E-state index in [-0.39, 0.29) is 5.69 Å². The van der Waals surface area contributed by atoms with Gasteiger partial charge in [-0.2, -0.15) is 0 Å². The van der Waals surface area contributed by atoms with Crippen molar-refractivity contribution in [2.24, 2.45) is 0 Å². The maximum atomic E-state index is 11.5. The lowest BCUT2D eigenvalue weighted by atomic mass is 10.1. The molecule has 2 rings (SSSR count). The molecule has 0 fully saturated rings. The van der Waals surface area contributed by atoms with Crippen LogP contribution in [0.2, 0.25) is 0 Å². The standard InChI is InChI=1S/C13H14BrN3O2/c14-11-8-17(13(19)16-12(11)18)7-1-2-9-3-5-10(15)6-4-9/h3-6,8H,1-2,7,15H2,(H,16,18,19). The largest absolute Gasteiger partial charge is 0.399 e. The zero-order valence-electron chi connectivity index (χ0n) is 10.2. The van der Waals surface area contributed by atoms with E-state index in [0.29, 0.717) is 11.0 Å². The molecular formula is C13H14BrN3O2. The van der Waals surface area contributed by atoms with E-state index in [1.807, 2.05) is 24.3 Å². The number of aromatic amines is 1. The lowest BCUT2D eigenvalue weighted by Crippen LogP contribution is -2.29. The number of nitrogens with zero attached hydrogens (tertiary/aromatic N) is 1. The predicted octanol–water partition coefficient (Wildman–Crippen LogP) is 1.51. The highest BCUT2D eigenvalue weighted by Gasteiger charge is 2.02. The van der Waals surface area contributed by atoms with Crippen LogP contribution in [0.25, 0.3) is 0 Å². The summed E-state index contributed by atoms with van der Waals surface area (Å²) in [6, 6.07) is 7.66. The first-order chi connectivity index (χ1) is 9.06. The number of nitrogens with one attached hydrogen (secondary N) is 1. The molecular weight excluding hydrogens is 310 g/mol. The summed E-state index contributed by atoms with van der Waals surface area (Å²) in [7, 11) is 0. The topological polar surface area (TPSA) is 80.9 Å². The first-order valence-corrected chi connectivity index (χ1v) is 6.69. The molecule has 0 aliphatic heterocycles. The average Bonchev–Trinajstić information content (AvgIpc) is 2.38. The van der Waals surface area contributed by atoms with E-state index < -0.39 is 5.56 Å². The van der Waals surface area contributed by atoms with Gasteiger partial charge in [-0.15, -0.1) is 0 Å². The van der Waals surface area contributed by atoms with Gasteiger partial charge in [-0.3, -0.25) is 14.3 Å². The van der Waals surface area contributed by atoms with Crippen LogP contribution < -0.4 is 17.0 Å². The molecule has 5 nitrogen and oxygen atoms in total. The van der Waals surface area contributed by atoms with Crippen LogP contribution in [0.15, 0.2) is 44.5 Å². The zero-order valence-corrected chi connectivity index (χ0v) is 11.8. The van der Waals surface area contributed by atoms with E-state index in [1.54, 1.807) is 0 Å². The maximum Gasteiger partial charge on any atom is 0.328 e. The highest BCUT2D eigenvalue weighted by Crippen LogP contribution is 2.08. The Bertz CT molecular complexity index is 674. The molecule has 0 atom stereocenters. The molecule has 0 radical (unpaired) electrons. The van der Waals surface area contributed by atoms with Crippen molar-refractivity contribution in [1.82, 2.24) is 9.55 Å². The van der Waals surface area contributed by atoms with Crippen molar-refractivity contribution in [1.29, 1.82) is 0 Å². The number of nitrogens with two attached hydrogens (primary N) is 1. The average molecular weight is 324 g/mol. The van der Waals surface area contributed by atoms with Gasteiger partial charge in [0.1, 0.15) is 0 Å². The van der Waals surface area contributed by atoms with Crippen molar-refractivity contribution < 1.29 is 0 Å². The van der Waals surface area contributed by atoms with Crippen LogP contribution >= 0.6 is 15.9 Å². The molecule has 1 heterocycles. The minimum Gasteiger partial charge on any atom is -0.399 e. The van der Waals surface area contributed by atoms with Crippen molar-refractivity contribution in [3.8, 4) is 0 Å². The molecule has 100 valence electrons. The number of benzene rings is 1. The van der Waals surface area contributed by atoms with Crippen LogP contribution in [-0.2, 0) is 13.0 Å². The lowest BCUT2D eigenvalue weighted by Gasteiger charge is -2.05. The number of halogens is 1. The number of hydrogen-bond acceptors (Lipinski definition) is 3. The third-order valence-corrected chi connectivity index (χ3v) is 3.38. The van der Waals surface area contributed by atoms with Crippen LogP contribution in [-0.4, -0.2) is 9.55 Å². The lowest BCUT2D eigenvalue weighted by molar-refractivity contribution is 0.602. The fourth-order valence-corrected chi connectivity index (χ4v) is 2.13. The molecule has 1 aromatic heterocycles. The first-order valence-electron chi connectivity index (χ1n) is 5.90. The molecule has 3 N–H and O–H groups in total. The fourth-order valence-electron chi connectivity index (χ4n) is 1.79. The highest BCUT2D eigenvalue weighted by atomic mass is 79.9. The number of H-pyrrole nitrogens is 1. The Morgan fingerprint density at radius 3 is 2.58 bits per heavy atom.